The highest BCUT2D eigenvalue weighted by Gasteiger charge is 2.28. The van der Waals surface area contributed by atoms with Crippen molar-refractivity contribution in [3.8, 4) is 0 Å². The van der Waals surface area contributed by atoms with E-state index >= 15 is 0 Å². The van der Waals surface area contributed by atoms with Gasteiger partial charge in [0.05, 0.1) is 6.61 Å². The molecular weight excluding hydrogens is 272 g/mol. The molecule has 0 aromatic heterocycles. The molecule has 0 saturated heterocycles. The molecule has 0 heterocycles. The van der Waals surface area contributed by atoms with Crippen molar-refractivity contribution < 1.29 is 4.74 Å². The monoisotopic (exact) mass is 296 g/mol. The molecule has 0 spiro atoms. The molecule has 0 bridgehead atoms. The van der Waals surface area contributed by atoms with Gasteiger partial charge in [-0.1, -0.05) is 23.7 Å². The second-order valence-corrected chi connectivity index (χ2v) is 5.88. The number of methoxy groups -OCH3 is 1. The standard InChI is InChI=1S/C16H25ClN2O/c1-18-16(13-3-5-14(17)6-4-13)9-10-19(11-12-20-2)15-7-8-15/h3-6,15-16,18H,7-12H2,1-2H3. The molecule has 2 rings (SSSR count). The van der Waals surface area contributed by atoms with Crippen molar-refractivity contribution in [3.63, 3.8) is 0 Å². The summed E-state index contributed by atoms with van der Waals surface area (Å²) in [5.41, 5.74) is 1.30. The Labute approximate surface area is 127 Å². The van der Waals surface area contributed by atoms with Crippen LogP contribution in [0.3, 0.4) is 0 Å². The van der Waals surface area contributed by atoms with Crippen molar-refractivity contribution in [1.29, 1.82) is 0 Å². The van der Waals surface area contributed by atoms with Crippen molar-refractivity contribution in [2.75, 3.05) is 33.9 Å². The molecule has 1 aromatic rings. The van der Waals surface area contributed by atoms with Gasteiger partial charge >= 0.3 is 0 Å². The first kappa shape index (κ1) is 15.8. The first-order chi connectivity index (χ1) is 9.74. The average Bonchev–Trinajstić information content (AvgIpc) is 3.29. The third-order valence-electron chi connectivity index (χ3n) is 3.97. The molecule has 20 heavy (non-hydrogen) atoms. The normalized spacial score (nSPS) is 16.6. The minimum atomic E-state index is 0.385. The fourth-order valence-corrected chi connectivity index (χ4v) is 2.72. The van der Waals surface area contributed by atoms with Gasteiger partial charge in [-0.3, -0.25) is 4.90 Å². The molecule has 1 N–H and O–H groups in total. The van der Waals surface area contributed by atoms with Crippen LogP contribution in [0.1, 0.15) is 30.9 Å². The summed E-state index contributed by atoms with van der Waals surface area (Å²) in [5.74, 6) is 0. The van der Waals surface area contributed by atoms with Gasteiger partial charge in [0.2, 0.25) is 0 Å². The summed E-state index contributed by atoms with van der Waals surface area (Å²) in [7, 11) is 3.80. The van der Waals surface area contributed by atoms with Crippen LogP contribution in [0.5, 0.6) is 0 Å². The number of rotatable bonds is 9. The van der Waals surface area contributed by atoms with E-state index in [-0.39, 0.29) is 0 Å². The molecule has 1 saturated carbocycles. The zero-order chi connectivity index (χ0) is 14.4. The van der Waals surface area contributed by atoms with Gasteiger partial charge in [-0.15, -0.1) is 0 Å². The van der Waals surface area contributed by atoms with Crippen LogP contribution >= 0.6 is 11.6 Å². The van der Waals surface area contributed by atoms with Gasteiger partial charge in [-0.25, -0.2) is 0 Å². The van der Waals surface area contributed by atoms with Gasteiger partial charge in [0, 0.05) is 37.3 Å². The number of halogens is 1. The maximum atomic E-state index is 5.95. The van der Waals surface area contributed by atoms with E-state index in [0.717, 1.165) is 37.2 Å². The minimum absolute atomic E-state index is 0.385. The Balaban J connectivity index is 1.87. The van der Waals surface area contributed by atoms with Crippen molar-refractivity contribution in [1.82, 2.24) is 10.2 Å². The first-order valence-corrected chi connectivity index (χ1v) is 7.78. The van der Waals surface area contributed by atoms with E-state index in [1.807, 2.05) is 19.2 Å². The van der Waals surface area contributed by atoms with Crippen LogP contribution in [0, 0.1) is 0 Å². The Morgan fingerprint density at radius 1 is 1.30 bits per heavy atom. The molecule has 1 aromatic carbocycles. The van der Waals surface area contributed by atoms with E-state index in [1.54, 1.807) is 7.11 Å². The Bertz CT molecular complexity index is 392. The van der Waals surface area contributed by atoms with E-state index in [1.165, 1.54) is 18.4 Å². The van der Waals surface area contributed by atoms with Crippen molar-refractivity contribution in [3.05, 3.63) is 34.9 Å². The molecule has 4 heteroatoms. The Morgan fingerprint density at radius 2 is 2.00 bits per heavy atom. The molecule has 0 aliphatic heterocycles. The lowest BCUT2D eigenvalue weighted by Crippen LogP contribution is -2.33. The lowest BCUT2D eigenvalue weighted by Gasteiger charge is -2.25. The van der Waals surface area contributed by atoms with E-state index in [9.17, 15) is 0 Å². The molecule has 1 aliphatic rings. The molecule has 1 atom stereocenters. The highest BCUT2D eigenvalue weighted by molar-refractivity contribution is 6.30. The van der Waals surface area contributed by atoms with Crippen LogP contribution in [0.4, 0.5) is 0 Å². The number of hydrogen-bond acceptors (Lipinski definition) is 3. The quantitative estimate of drug-likeness (QED) is 0.758. The molecular formula is C16H25ClN2O. The molecule has 112 valence electrons. The molecule has 1 fully saturated rings. The number of nitrogens with zero attached hydrogens (tertiary/aromatic N) is 1. The highest BCUT2D eigenvalue weighted by atomic mass is 35.5. The average molecular weight is 297 g/mol. The van der Waals surface area contributed by atoms with E-state index in [0.29, 0.717) is 6.04 Å². The maximum Gasteiger partial charge on any atom is 0.0589 e. The molecule has 1 unspecified atom stereocenters. The second kappa shape index (κ2) is 7.99. The summed E-state index contributed by atoms with van der Waals surface area (Å²) in [5, 5.41) is 4.20. The third kappa shape index (κ3) is 4.74. The number of ether oxygens (including phenoxy) is 1. The predicted octanol–water partition coefficient (Wildman–Crippen LogP) is 3.10. The largest absolute Gasteiger partial charge is 0.383 e. The van der Waals surface area contributed by atoms with Crippen molar-refractivity contribution in [2.45, 2.75) is 31.3 Å². The summed E-state index contributed by atoms with van der Waals surface area (Å²) in [4.78, 5) is 2.56. The highest BCUT2D eigenvalue weighted by Crippen LogP contribution is 2.28. The van der Waals surface area contributed by atoms with Gasteiger partial charge in [-0.05, 0) is 44.0 Å². The molecule has 0 radical (unpaired) electrons. The smallest absolute Gasteiger partial charge is 0.0589 e. The summed E-state index contributed by atoms with van der Waals surface area (Å²) >= 11 is 5.95. The summed E-state index contributed by atoms with van der Waals surface area (Å²) in [6.07, 6.45) is 3.79. The van der Waals surface area contributed by atoms with Gasteiger partial charge in [-0.2, -0.15) is 0 Å². The van der Waals surface area contributed by atoms with Crippen LogP contribution in [0.15, 0.2) is 24.3 Å². The van der Waals surface area contributed by atoms with E-state index in [2.05, 4.69) is 22.3 Å². The lowest BCUT2D eigenvalue weighted by molar-refractivity contribution is 0.140. The Hall–Kier alpha value is -0.610. The van der Waals surface area contributed by atoms with E-state index < -0.39 is 0 Å². The first-order valence-electron chi connectivity index (χ1n) is 7.40. The SMILES string of the molecule is CNC(CCN(CCOC)C1CC1)c1ccc(Cl)cc1. The molecule has 3 nitrogen and oxygen atoms in total. The van der Waals surface area contributed by atoms with Crippen LogP contribution in [-0.2, 0) is 4.74 Å². The maximum absolute atomic E-state index is 5.95. The zero-order valence-corrected chi connectivity index (χ0v) is 13.2. The summed E-state index contributed by atoms with van der Waals surface area (Å²) in [6, 6.07) is 9.32. The Morgan fingerprint density at radius 3 is 2.55 bits per heavy atom. The van der Waals surface area contributed by atoms with E-state index in [4.69, 9.17) is 16.3 Å². The molecule has 0 amide bonds. The van der Waals surface area contributed by atoms with Crippen LogP contribution < -0.4 is 5.32 Å². The summed E-state index contributed by atoms with van der Waals surface area (Å²) in [6.45, 7) is 2.97. The van der Waals surface area contributed by atoms with Crippen LogP contribution in [0.2, 0.25) is 5.02 Å². The third-order valence-corrected chi connectivity index (χ3v) is 4.22. The van der Waals surface area contributed by atoms with Gasteiger partial charge in [0.1, 0.15) is 0 Å². The fourth-order valence-electron chi connectivity index (χ4n) is 2.59. The minimum Gasteiger partial charge on any atom is -0.383 e. The number of benzene rings is 1. The van der Waals surface area contributed by atoms with Gasteiger partial charge in [0.25, 0.3) is 0 Å². The van der Waals surface area contributed by atoms with Crippen molar-refractivity contribution in [2.24, 2.45) is 0 Å². The van der Waals surface area contributed by atoms with Crippen molar-refractivity contribution >= 4 is 11.6 Å². The van der Waals surface area contributed by atoms with Crippen LogP contribution in [-0.4, -0.2) is 44.8 Å². The topological polar surface area (TPSA) is 24.5 Å². The second-order valence-electron chi connectivity index (χ2n) is 5.44. The van der Waals surface area contributed by atoms with Gasteiger partial charge in [0.15, 0.2) is 0 Å². The summed E-state index contributed by atoms with van der Waals surface area (Å²) < 4.78 is 5.21. The van der Waals surface area contributed by atoms with Gasteiger partial charge < -0.3 is 10.1 Å². The fraction of sp³-hybridized carbons (Fsp3) is 0.625. The van der Waals surface area contributed by atoms with Crippen LogP contribution in [0.25, 0.3) is 0 Å². The Kier molecular flexibility index (Phi) is 6.30. The molecule has 1 aliphatic carbocycles. The number of hydrogen-bond donors (Lipinski definition) is 1. The predicted molar refractivity (Wildman–Crippen MR) is 84.3 cm³/mol. The number of nitrogens with one attached hydrogen (secondary N) is 1. The zero-order valence-electron chi connectivity index (χ0n) is 12.4. The lowest BCUT2D eigenvalue weighted by atomic mass is 10.0.